The summed E-state index contributed by atoms with van der Waals surface area (Å²) in [5.74, 6) is 0.702. The second kappa shape index (κ2) is 6.03. The molecule has 0 atom stereocenters. The highest BCUT2D eigenvalue weighted by Crippen LogP contribution is 2.31. The van der Waals surface area contributed by atoms with Crippen LogP contribution in [0.3, 0.4) is 0 Å². The van der Waals surface area contributed by atoms with Gasteiger partial charge in [0, 0.05) is 23.2 Å². The van der Waals surface area contributed by atoms with Crippen LogP contribution in [0, 0.1) is 5.92 Å². The van der Waals surface area contributed by atoms with Crippen LogP contribution in [0.2, 0.25) is 0 Å². The van der Waals surface area contributed by atoms with Gasteiger partial charge in [0.15, 0.2) is 0 Å². The zero-order chi connectivity index (χ0) is 14.9. The van der Waals surface area contributed by atoms with Gasteiger partial charge in [0.2, 0.25) is 10.0 Å². The standard InChI is InChI=1S/C14H21BrN2O2S/c1-10-3-5-11(6-4-10)17(2)20(18,19)12-7-8-14(16)13(15)9-12/h7-11H,3-6,16H2,1-2H3. The van der Waals surface area contributed by atoms with Crippen LogP contribution >= 0.6 is 15.9 Å². The Morgan fingerprint density at radius 3 is 2.40 bits per heavy atom. The zero-order valence-corrected chi connectivity index (χ0v) is 14.2. The Morgan fingerprint density at radius 2 is 1.85 bits per heavy atom. The van der Waals surface area contributed by atoms with E-state index in [1.807, 2.05) is 0 Å². The van der Waals surface area contributed by atoms with Crippen molar-refractivity contribution in [2.75, 3.05) is 12.8 Å². The first kappa shape index (κ1) is 15.8. The Kier molecular flexibility index (Phi) is 4.76. The topological polar surface area (TPSA) is 63.4 Å². The van der Waals surface area contributed by atoms with Crippen molar-refractivity contribution in [1.82, 2.24) is 4.31 Å². The third-order valence-corrected chi connectivity index (χ3v) is 6.74. The molecule has 0 amide bonds. The van der Waals surface area contributed by atoms with Gasteiger partial charge in [-0.15, -0.1) is 0 Å². The molecule has 2 N–H and O–H groups in total. The van der Waals surface area contributed by atoms with Crippen LogP contribution in [0.5, 0.6) is 0 Å². The van der Waals surface area contributed by atoms with Gasteiger partial charge in [-0.25, -0.2) is 8.42 Å². The predicted octanol–water partition coefficient (Wildman–Crippen LogP) is 3.23. The quantitative estimate of drug-likeness (QED) is 0.841. The third-order valence-electron chi connectivity index (χ3n) is 4.15. The predicted molar refractivity (Wildman–Crippen MR) is 84.9 cm³/mol. The number of hydrogen-bond acceptors (Lipinski definition) is 3. The maximum absolute atomic E-state index is 12.6. The molecule has 2 rings (SSSR count). The summed E-state index contributed by atoms with van der Waals surface area (Å²) >= 11 is 3.28. The van der Waals surface area contributed by atoms with E-state index in [0.717, 1.165) is 25.7 Å². The van der Waals surface area contributed by atoms with E-state index in [-0.39, 0.29) is 6.04 Å². The molecule has 20 heavy (non-hydrogen) atoms. The Labute approximate surface area is 129 Å². The van der Waals surface area contributed by atoms with Crippen LogP contribution in [-0.2, 0) is 10.0 Å². The van der Waals surface area contributed by atoms with Gasteiger partial charge in [0.25, 0.3) is 0 Å². The summed E-state index contributed by atoms with van der Waals surface area (Å²) < 4.78 is 27.4. The number of nitrogens with zero attached hydrogens (tertiary/aromatic N) is 1. The fraction of sp³-hybridized carbons (Fsp3) is 0.571. The number of halogens is 1. The first-order chi connectivity index (χ1) is 9.32. The van der Waals surface area contributed by atoms with Crippen LogP contribution in [0.4, 0.5) is 5.69 Å². The molecule has 0 radical (unpaired) electrons. The van der Waals surface area contributed by atoms with Crippen molar-refractivity contribution in [3.05, 3.63) is 22.7 Å². The lowest BCUT2D eigenvalue weighted by Gasteiger charge is -2.32. The summed E-state index contributed by atoms with van der Waals surface area (Å²) in [5, 5.41) is 0. The van der Waals surface area contributed by atoms with Gasteiger partial charge in [-0.1, -0.05) is 6.92 Å². The summed E-state index contributed by atoms with van der Waals surface area (Å²) in [6.07, 6.45) is 4.06. The number of nitrogens with two attached hydrogens (primary N) is 1. The molecular weight excluding hydrogens is 340 g/mol. The summed E-state index contributed by atoms with van der Waals surface area (Å²) in [4.78, 5) is 0.291. The van der Waals surface area contributed by atoms with Gasteiger partial charge >= 0.3 is 0 Å². The Bertz CT molecular complexity index is 581. The van der Waals surface area contributed by atoms with Crippen LogP contribution in [0.1, 0.15) is 32.6 Å². The van der Waals surface area contributed by atoms with Crippen molar-refractivity contribution in [3.8, 4) is 0 Å². The number of hydrogen-bond donors (Lipinski definition) is 1. The minimum atomic E-state index is -3.45. The lowest BCUT2D eigenvalue weighted by Crippen LogP contribution is -2.39. The summed E-state index contributed by atoms with van der Waals surface area (Å²) in [5.41, 5.74) is 6.25. The van der Waals surface area contributed by atoms with Crippen LogP contribution in [-0.4, -0.2) is 25.8 Å². The van der Waals surface area contributed by atoms with Crippen molar-refractivity contribution in [2.45, 2.75) is 43.5 Å². The molecule has 0 bridgehead atoms. The molecule has 0 unspecified atom stereocenters. The zero-order valence-electron chi connectivity index (χ0n) is 11.8. The van der Waals surface area contributed by atoms with Gasteiger partial charge in [-0.2, -0.15) is 4.31 Å². The first-order valence-corrected chi connectivity index (χ1v) is 9.08. The van der Waals surface area contributed by atoms with Gasteiger partial charge in [0.05, 0.1) is 4.90 Å². The number of benzene rings is 1. The third kappa shape index (κ3) is 3.18. The molecule has 0 aliphatic heterocycles. The molecule has 1 aromatic rings. The summed E-state index contributed by atoms with van der Waals surface area (Å²) in [6.45, 7) is 2.22. The molecule has 1 aliphatic rings. The number of sulfonamides is 1. The molecule has 0 spiro atoms. The SMILES string of the molecule is CC1CCC(N(C)S(=O)(=O)c2ccc(N)c(Br)c2)CC1. The average Bonchev–Trinajstić information content (AvgIpc) is 2.41. The van der Waals surface area contributed by atoms with E-state index in [9.17, 15) is 8.42 Å². The van der Waals surface area contributed by atoms with E-state index in [1.54, 1.807) is 25.2 Å². The highest BCUT2D eigenvalue weighted by molar-refractivity contribution is 9.10. The molecular formula is C14H21BrN2O2S. The molecule has 0 aromatic heterocycles. The smallest absolute Gasteiger partial charge is 0.243 e. The molecule has 0 saturated heterocycles. The maximum atomic E-state index is 12.6. The van der Waals surface area contributed by atoms with Crippen LogP contribution < -0.4 is 5.73 Å². The molecule has 1 aliphatic carbocycles. The number of rotatable bonds is 3. The average molecular weight is 361 g/mol. The fourth-order valence-electron chi connectivity index (χ4n) is 2.64. The van der Waals surface area contributed by atoms with Crippen molar-refractivity contribution in [2.24, 2.45) is 5.92 Å². The van der Waals surface area contributed by atoms with Crippen LogP contribution in [0.15, 0.2) is 27.6 Å². The molecule has 1 aromatic carbocycles. The maximum Gasteiger partial charge on any atom is 0.243 e. The Morgan fingerprint density at radius 1 is 1.25 bits per heavy atom. The highest BCUT2D eigenvalue weighted by atomic mass is 79.9. The number of nitrogen functional groups attached to an aromatic ring is 1. The molecule has 4 nitrogen and oxygen atoms in total. The Balaban J connectivity index is 2.23. The van der Waals surface area contributed by atoms with Crippen molar-refractivity contribution >= 4 is 31.6 Å². The van der Waals surface area contributed by atoms with Gasteiger partial charge in [-0.05, 0) is 65.7 Å². The monoisotopic (exact) mass is 360 g/mol. The summed E-state index contributed by atoms with van der Waals surface area (Å²) in [6, 6.07) is 4.87. The van der Waals surface area contributed by atoms with Crippen LogP contribution in [0.25, 0.3) is 0 Å². The van der Waals surface area contributed by atoms with Crippen molar-refractivity contribution in [3.63, 3.8) is 0 Å². The highest BCUT2D eigenvalue weighted by Gasteiger charge is 2.30. The normalized spacial score (nSPS) is 24.0. The van der Waals surface area contributed by atoms with Gasteiger partial charge < -0.3 is 5.73 Å². The van der Waals surface area contributed by atoms with Gasteiger partial charge in [-0.3, -0.25) is 0 Å². The fourth-order valence-corrected chi connectivity index (χ4v) is 4.61. The van der Waals surface area contributed by atoms with E-state index >= 15 is 0 Å². The lowest BCUT2D eigenvalue weighted by molar-refractivity contribution is 0.246. The van der Waals surface area contributed by atoms with E-state index in [1.165, 1.54) is 4.31 Å². The minimum Gasteiger partial charge on any atom is -0.398 e. The second-order valence-corrected chi connectivity index (χ2v) is 8.47. The molecule has 1 fully saturated rings. The van der Waals surface area contributed by atoms with E-state index in [2.05, 4.69) is 22.9 Å². The lowest BCUT2D eigenvalue weighted by atomic mass is 9.87. The number of anilines is 1. The molecule has 112 valence electrons. The minimum absolute atomic E-state index is 0.104. The second-order valence-electron chi connectivity index (χ2n) is 5.62. The van der Waals surface area contributed by atoms with Gasteiger partial charge in [0.1, 0.15) is 0 Å². The molecule has 6 heteroatoms. The van der Waals surface area contributed by atoms with E-state index in [0.29, 0.717) is 21.0 Å². The summed E-state index contributed by atoms with van der Waals surface area (Å²) in [7, 11) is -1.77. The van der Waals surface area contributed by atoms with Crippen molar-refractivity contribution in [1.29, 1.82) is 0 Å². The van der Waals surface area contributed by atoms with E-state index < -0.39 is 10.0 Å². The molecule has 0 heterocycles. The van der Waals surface area contributed by atoms with Crippen molar-refractivity contribution < 1.29 is 8.42 Å². The first-order valence-electron chi connectivity index (χ1n) is 6.85. The van der Waals surface area contributed by atoms with E-state index in [4.69, 9.17) is 5.73 Å². The Hall–Kier alpha value is -0.590. The largest absolute Gasteiger partial charge is 0.398 e. The molecule has 1 saturated carbocycles.